The minimum Gasteiger partial charge on any atom is -0.354 e. The molecule has 1 fully saturated rings. The van der Waals surface area contributed by atoms with Crippen LogP contribution < -0.4 is 11.1 Å². The Bertz CT molecular complexity index is 702. The van der Waals surface area contributed by atoms with E-state index >= 15 is 0 Å². The third-order valence-electron chi connectivity index (χ3n) is 4.75. The third kappa shape index (κ3) is 4.93. The molecule has 25 heavy (non-hydrogen) atoms. The zero-order chi connectivity index (χ0) is 16.9. The molecule has 0 bridgehead atoms. The van der Waals surface area contributed by atoms with Crippen molar-refractivity contribution in [1.29, 1.82) is 0 Å². The lowest BCUT2D eigenvalue weighted by molar-refractivity contribution is -0.121. The number of hydrogen-bond acceptors (Lipinski definition) is 4. The molecule has 1 aliphatic rings. The van der Waals surface area contributed by atoms with E-state index in [1.165, 1.54) is 24.1 Å². The molecule has 0 aromatic carbocycles. The first-order valence-corrected chi connectivity index (χ1v) is 8.81. The number of pyridine rings is 1. The van der Waals surface area contributed by atoms with E-state index in [1.54, 1.807) is 0 Å². The molecule has 1 amide bonds. The summed E-state index contributed by atoms with van der Waals surface area (Å²) in [4.78, 5) is 18.7. The molecule has 3 N–H and O–H groups in total. The van der Waals surface area contributed by atoms with Gasteiger partial charge in [0.1, 0.15) is 5.65 Å². The number of hydrogen-bond donors (Lipinski definition) is 2. The van der Waals surface area contributed by atoms with Crippen molar-refractivity contribution in [2.75, 3.05) is 19.6 Å². The smallest absolute Gasteiger partial charge is 0.221 e. The molecule has 138 valence electrons. The quantitative estimate of drug-likeness (QED) is 0.819. The van der Waals surface area contributed by atoms with Crippen LogP contribution in [0, 0.1) is 6.92 Å². The number of fused-ring (bicyclic) bond motifs is 1. The highest BCUT2D eigenvalue weighted by Crippen LogP contribution is 2.20. The molecule has 1 saturated heterocycles. The van der Waals surface area contributed by atoms with Crippen LogP contribution >= 0.6 is 12.4 Å². The Hall–Kier alpha value is -1.63. The summed E-state index contributed by atoms with van der Waals surface area (Å²) in [6, 6.07) is 4.53. The number of amides is 1. The van der Waals surface area contributed by atoms with Crippen molar-refractivity contribution >= 4 is 24.0 Å². The Kier molecular flexibility index (Phi) is 7.23. The topological polar surface area (TPSA) is 75.7 Å². The molecular weight excluding hydrogens is 338 g/mol. The van der Waals surface area contributed by atoms with Gasteiger partial charge in [-0.2, -0.15) is 0 Å². The number of aromatic nitrogens is 2. The molecule has 1 unspecified atom stereocenters. The molecule has 1 aliphatic heterocycles. The normalized spacial score (nSPS) is 18.1. The maximum absolute atomic E-state index is 11.7. The van der Waals surface area contributed by atoms with Crippen LogP contribution in [0.1, 0.15) is 36.9 Å². The summed E-state index contributed by atoms with van der Waals surface area (Å²) in [5, 5.41) is 3.03. The largest absolute Gasteiger partial charge is 0.354 e. The Morgan fingerprint density at radius 3 is 3.04 bits per heavy atom. The van der Waals surface area contributed by atoms with Crippen LogP contribution in [0.4, 0.5) is 0 Å². The number of piperidine rings is 1. The summed E-state index contributed by atoms with van der Waals surface area (Å²) in [6.07, 6.45) is 8.06. The highest BCUT2D eigenvalue weighted by molar-refractivity contribution is 5.85. The number of likely N-dealkylation sites (tertiary alicyclic amines) is 1. The fraction of sp³-hybridized carbons (Fsp3) is 0.556. The molecule has 2 aromatic rings. The second-order valence-corrected chi connectivity index (χ2v) is 6.65. The number of carbonyl (C=O) groups is 1. The minimum atomic E-state index is 0. The predicted molar refractivity (Wildman–Crippen MR) is 102 cm³/mol. The standard InChI is InChI=1S/C18H27N5O.ClH/c1-14-5-6-17-20-11-16(23(17)12-14)13-22-9-3-2-4-15(22)10-21-18(24)7-8-19;/h5-6,11-12,15H,2-4,7-10,13,19H2,1H3,(H,21,24);1H. The number of carbonyl (C=O) groups excluding carboxylic acids is 1. The number of nitrogens with zero attached hydrogens (tertiary/aromatic N) is 3. The fourth-order valence-corrected chi connectivity index (χ4v) is 3.41. The summed E-state index contributed by atoms with van der Waals surface area (Å²) < 4.78 is 2.17. The van der Waals surface area contributed by atoms with Crippen molar-refractivity contribution in [3.05, 3.63) is 35.8 Å². The number of aryl methyl sites for hydroxylation is 1. The molecule has 3 heterocycles. The van der Waals surface area contributed by atoms with Gasteiger partial charge in [0.2, 0.25) is 5.91 Å². The lowest BCUT2D eigenvalue weighted by atomic mass is 10.0. The summed E-state index contributed by atoms with van der Waals surface area (Å²) in [5.41, 5.74) is 8.86. The molecule has 0 saturated carbocycles. The van der Waals surface area contributed by atoms with Crippen molar-refractivity contribution < 1.29 is 4.79 Å². The number of imidazole rings is 1. The Balaban J connectivity index is 0.00000225. The first kappa shape index (κ1) is 19.7. The van der Waals surface area contributed by atoms with Gasteiger partial charge in [0, 0.05) is 38.3 Å². The first-order valence-electron chi connectivity index (χ1n) is 8.81. The molecule has 0 spiro atoms. The summed E-state index contributed by atoms with van der Waals surface area (Å²) in [6.45, 7) is 5.13. The van der Waals surface area contributed by atoms with Crippen molar-refractivity contribution in [2.24, 2.45) is 5.73 Å². The monoisotopic (exact) mass is 365 g/mol. The van der Waals surface area contributed by atoms with E-state index in [0.717, 1.165) is 25.2 Å². The lowest BCUT2D eigenvalue weighted by Crippen LogP contribution is -2.46. The lowest BCUT2D eigenvalue weighted by Gasteiger charge is -2.35. The second-order valence-electron chi connectivity index (χ2n) is 6.65. The van der Waals surface area contributed by atoms with Crippen LogP contribution in [-0.4, -0.2) is 45.9 Å². The number of nitrogens with two attached hydrogens (primary N) is 1. The van der Waals surface area contributed by atoms with E-state index in [0.29, 0.717) is 25.6 Å². The van der Waals surface area contributed by atoms with E-state index in [2.05, 4.69) is 44.9 Å². The second kappa shape index (κ2) is 9.17. The molecule has 2 aromatic heterocycles. The average Bonchev–Trinajstić information content (AvgIpc) is 2.96. The van der Waals surface area contributed by atoms with Gasteiger partial charge in [-0.3, -0.25) is 9.69 Å². The van der Waals surface area contributed by atoms with E-state index in [-0.39, 0.29) is 18.3 Å². The Labute approximate surface area is 155 Å². The van der Waals surface area contributed by atoms with Gasteiger partial charge < -0.3 is 15.5 Å². The van der Waals surface area contributed by atoms with Gasteiger partial charge in [0.25, 0.3) is 0 Å². The van der Waals surface area contributed by atoms with Crippen molar-refractivity contribution in [3.63, 3.8) is 0 Å². The molecule has 1 atom stereocenters. The maximum atomic E-state index is 11.7. The van der Waals surface area contributed by atoms with Gasteiger partial charge in [0.15, 0.2) is 0 Å². The van der Waals surface area contributed by atoms with Gasteiger partial charge >= 0.3 is 0 Å². The van der Waals surface area contributed by atoms with Gasteiger partial charge in [-0.05, 0) is 37.9 Å². The number of halogens is 1. The molecule has 0 aliphatic carbocycles. The SMILES string of the molecule is Cc1ccc2ncc(CN3CCCCC3CNC(=O)CCN)n2c1.Cl. The van der Waals surface area contributed by atoms with Crippen LogP contribution in [0.15, 0.2) is 24.5 Å². The maximum Gasteiger partial charge on any atom is 0.221 e. The van der Waals surface area contributed by atoms with E-state index < -0.39 is 0 Å². The predicted octanol–water partition coefficient (Wildman–Crippen LogP) is 1.88. The van der Waals surface area contributed by atoms with Gasteiger partial charge in [-0.1, -0.05) is 12.5 Å². The van der Waals surface area contributed by atoms with Crippen LogP contribution in [0.3, 0.4) is 0 Å². The summed E-state index contributed by atoms with van der Waals surface area (Å²) in [5.74, 6) is 0.0495. The highest BCUT2D eigenvalue weighted by Gasteiger charge is 2.23. The van der Waals surface area contributed by atoms with Crippen molar-refractivity contribution in [3.8, 4) is 0 Å². The summed E-state index contributed by atoms with van der Waals surface area (Å²) >= 11 is 0. The molecular formula is C18H28ClN5O. The van der Waals surface area contributed by atoms with Gasteiger partial charge in [-0.15, -0.1) is 12.4 Å². The van der Waals surface area contributed by atoms with Crippen LogP contribution in [0.5, 0.6) is 0 Å². The molecule has 3 rings (SSSR count). The third-order valence-corrected chi connectivity index (χ3v) is 4.75. The van der Waals surface area contributed by atoms with Crippen LogP contribution in [-0.2, 0) is 11.3 Å². The van der Waals surface area contributed by atoms with Crippen LogP contribution in [0.2, 0.25) is 0 Å². The summed E-state index contributed by atoms with van der Waals surface area (Å²) in [7, 11) is 0. The fourth-order valence-electron chi connectivity index (χ4n) is 3.41. The zero-order valence-electron chi connectivity index (χ0n) is 14.8. The average molecular weight is 366 g/mol. The zero-order valence-corrected chi connectivity index (χ0v) is 15.6. The van der Waals surface area contributed by atoms with Gasteiger partial charge in [0.05, 0.1) is 11.9 Å². The van der Waals surface area contributed by atoms with Crippen molar-refractivity contribution in [1.82, 2.24) is 19.6 Å². The molecule has 6 nitrogen and oxygen atoms in total. The first-order chi connectivity index (χ1) is 11.7. The minimum absolute atomic E-state index is 0. The highest BCUT2D eigenvalue weighted by atomic mass is 35.5. The molecule has 0 radical (unpaired) electrons. The Morgan fingerprint density at radius 1 is 1.40 bits per heavy atom. The van der Waals surface area contributed by atoms with Crippen molar-refractivity contribution in [2.45, 2.75) is 45.2 Å². The van der Waals surface area contributed by atoms with E-state index in [9.17, 15) is 4.79 Å². The van der Waals surface area contributed by atoms with E-state index in [4.69, 9.17) is 5.73 Å². The Morgan fingerprint density at radius 2 is 2.24 bits per heavy atom. The molecule has 7 heteroatoms. The van der Waals surface area contributed by atoms with E-state index in [1.807, 2.05) is 6.20 Å². The number of nitrogens with one attached hydrogen (secondary N) is 1. The van der Waals surface area contributed by atoms with Crippen LogP contribution in [0.25, 0.3) is 5.65 Å². The number of rotatable bonds is 6. The van der Waals surface area contributed by atoms with Gasteiger partial charge in [-0.25, -0.2) is 4.98 Å².